The lowest BCUT2D eigenvalue weighted by molar-refractivity contribution is 0.170. The molecule has 0 aliphatic rings. The van der Waals surface area contributed by atoms with Crippen molar-refractivity contribution in [2.45, 2.75) is 33.4 Å². The molecular weight excluding hydrogens is 188 g/mol. The Bertz CT molecular complexity index is 486. The summed E-state index contributed by atoms with van der Waals surface area (Å²) in [5.74, 6) is 0. The second kappa shape index (κ2) is 3.66. The maximum absolute atomic E-state index is 9.35. The third kappa shape index (κ3) is 1.75. The van der Waals surface area contributed by atoms with Gasteiger partial charge in [-0.1, -0.05) is 6.07 Å². The van der Waals surface area contributed by atoms with E-state index in [1.54, 1.807) is 6.92 Å². The first kappa shape index (κ1) is 10.2. The first-order valence-corrected chi connectivity index (χ1v) is 5.19. The smallest absolute Gasteiger partial charge is 0.0708 e. The molecule has 0 fully saturated rings. The first-order chi connectivity index (χ1) is 7.09. The third-order valence-corrected chi connectivity index (χ3v) is 2.80. The average molecular weight is 204 g/mol. The Morgan fingerprint density at radius 1 is 1.40 bits per heavy atom. The number of hydrogen-bond donors (Lipinski definition) is 1. The van der Waals surface area contributed by atoms with Gasteiger partial charge in [0.05, 0.1) is 24.4 Å². The summed E-state index contributed by atoms with van der Waals surface area (Å²) in [6, 6.07) is 4.16. The fraction of sp³-hybridized carbons (Fsp3) is 0.417. The summed E-state index contributed by atoms with van der Waals surface area (Å²) in [5, 5.41) is 14.8. The number of nitrogens with zero attached hydrogens (tertiary/aromatic N) is 2. The highest BCUT2D eigenvalue weighted by Crippen LogP contribution is 2.21. The van der Waals surface area contributed by atoms with Crippen LogP contribution < -0.4 is 0 Å². The largest absolute Gasteiger partial charge is 0.391 e. The Morgan fingerprint density at radius 2 is 2.13 bits per heavy atom. The van der Waals surface area contributed by atoms with Crippen LogP contribution in [0.1, 0.15) is 18.1 Å². The maximum atomic E-state index is 9.35. The summed E-state index contributed by atoms with van der Waals surface area (Å²) in [5.41, 5.74) is 3.64. The molecule has 1 N–H and O–H groups in total. The predicted molar refractivity (Wildman–Crippen MR) is 60.9 cm³/mol. The van der Waals surface area contributed by atoms with Gasteiger partial charge in [0, 0.05) is 5.39 Å². The number of aliphatic hydroxyl groups is 1. The van der Waals surface area contributed by atoms with Gasteiger partial charge in [0.1, 0.15) is 0 Å². The van der Waals surface area contributed by atoms with E-state index in [9.17, 15) is 5.11 Å². The highest BCUT2D eigenvalue weighted by molar-refractivity contribution is 5.83. The Labute approximate surface area is 89.3 Å². The Kier molecular flexibility index (Phi) is 2.49. The van der Waals surface area contributed by atoms with E-state index in [0.717, 1.165) is 5.52 Å². The molecule has 0 saturated carbocycles. The molecule has 0 saturated heterocycles. The van der Waals surface area contributed by atoms with Gasteiger partial charge >= 0.3 is 0 Å². The predicted octanol–water partition coefficient (Wildman–Crippen LogP) is 2.03. The van der Waals surface area contributed by atoms with Gasteiger partial charge in [-0.3, -0.25) is 4.68 Å². The van der Waals surface area contributed by atoms with E-state index in [1.165, 1.54) is 16.5 Å². The average Bonchev–Trinajstić information content (AvgIpc) is 2.55. The highest BCUT2D eigenvalue weighted by Gasteiger charge is 2.07. The quantitative estimate of drug-likeness (QED) is 0.812. The molecule has 3 nitrogen and oxygen atoms in total. The van der Waals surface area contributed by atoms with Gasteiger partial charge in [-0.25, -0.2) is 0 Å². The monoisotopic (exact) mass is 204 g/mol. The molecule has 0 aliphatic heterocycles. The molecule has 0 spiro atoms. The van der Waals surface area contributed by atoms with Crippen LogP contribution in [0.5, 0.6) is 0 Å². The summed E-state index contributed by atoms with van der Waals surface area (Å²) in [7, 11) is 0. The lowest BCUT2D eigenvalue weighted by Gasteiger charge is -2.07. The summed E-state index contributed by atoms with van der Waals surface area (Å²) in [4.78, 5) is 0. The minimum Gasteiger partial charge on any atom is -0.391 e. The summed E-state index contributed by atoms with van der Waals surface area (Å²) < 4.78 is 1.85. The van der Waals surface area contributed by atoms with Crippen molar-refractivity contribution in [2.75, 3.05) is 0 Å². The van der Waals surface area contributed by atoms with Crippen molar-refractivity contribution >= 4 is 10.9 Å². The zero-order valence-electron chi connectivity index (χ0n) is 9.36. The van der Waals surface area contributed by atoms with Crippen LogP contribution in [0.3, 0.4) is 0 Å². The molecule has 80 valence electrons. The molecule has 15 heavy (non-hydrogen) atoms. The molecule has 0 aliphatic carbocycles. The molecule has 3 heteroatoms. The molecule has 2 aromatic rings. The number of rotatable bonds is 2. The van der Waals surface area contributed by atoms with Crippen molar-refractivity contribution < 1.29 is 5.11 Å². The number of aryl methyl sites for hydroxylation is 2. The molecule has 1 unspecified atom stereocenters. The van der Waals surface area contributed by atoms with E-state index in [4.69, 9.17) is 0 Å². The number of aliphatic hydroxyl groups excluding tert-OH is 1. The lowest BCUT2D eigenvalue weighted by atomic mass is 10.1. The molecule has 1 atom stereocenters. The van der Waals surface area contributed by atoms with Crippen molar-refractivity contribution in [3.05, 3.63) is 29.5 Å². The minimum atomic E-state index is -0.366. The number of aromatic nitrogens is 2. The second-order valence-electron chi connectivity index (χ2n) is 4.12. The minimum absolute atomic E-state index is 0.366. The second-order valence-corrected chi connectivity index (χ2v) is 4.12. The van der Waals surface area contributed by atoms with Crippen molar-refractivity contribution in [2.24, 2.45) is 0 Å². The normalized spacial score (nSPS) is 13.3. The fourth-order valence-corrected chi connectivity index (χ4v) is 1.80. The topological polar surface area (TPSA) is 38.0 Å². The van der Waals surface area contributed by atoms with Gasteiger partial charge < -0.3 is 5.11 Å². The highest BCUT2D eigenvalue weighted by atomic mass is 16.3. The Morgan fingerprint density at radius 3 is 2.80 bits per heavy atom. The van der Waals surface area contributed by atoms with Crippen LogP contribution in [-0.4, -0.2) is 21.0 Å². The van der Waals surface area contributed by atoms with E-state index in [2.05, 4.69) is 31.1 Å². The van der Waals surface area contributed by atoms with Crippen LogP contribution in [0, 0.1) is 13.8 Å². The third-order valence-electron chi connectivity index (χ3n) is 2.80. The maximum Gasteiger partial charge on any atom is 0.0708 e. The summed E-state index contributed by atoms with van der Waals surface area (Å²) >= 11 is 0. The lowest BCUT2D eigenvalue weighted by Crippen LogP contribution is -2.12. The molecule has 2 rings (SSSR count). The summed E-state index contributed by atoms with van der Waals surface area (Å²) in [6.45, 7) is 6.52. The van der Waals surface area contributed by atoms with Gasteiger partial charge in [-0.15, -0.1) is 0 Å². The van der Waals surface area contributed by atoms with Crippen LogP contribution in [0.25, 0.3) is 10.9 Å². The van der Waals surface area contributed by atoms with Crippen molar-refractivity contribution in [3.63, 3.8) is 0 Å². The molecule has 1 aromatic heterocycles. The van der Waals surface area contributed by atoms with Crippen LogP contribution in [0.15, 0.2) is 18.3 Å². The summed E-state index contributed by atoms with van der Waals surface area (Å²) in [6.07, 6.45) is 1.51. The molecule has 0 bridgehead atoms. The molecule has 1 aromatic carbocycles. The number of fused-ring (bicyclic) bond motifs is 1. The van der Waals surface area contributed by atoms with Gasteiger partial charge in [-0.2, -0.15) is 5.10 Å². The van der Waals surface area contributed by atoms with Gasteiger partial charge in [0.15, 0.2) is 0 Å². The molecule has 1 heterocycles. The zero-order valence-corrected chi connectivity index (χ0v) is 9.36. The van der Waals surface area contributed by atoms with Crippen molar-refractivity contribution in [3.8, 4) is 0 Å². The molecular formula is C12H16N2O. The number of hydrogen-bond acceptors (Lipinski definition) is 2. The SMILES string of the molecule is Cc1ccc2c(cnn2CC(C)O)c1C. The fourth-order valence-electron chi connectivity index (χ4n) is 1.80. The van der Waals surface area contributed by atoms with Crippen LogP contribution >= 0.6 is 0 Å². The molecule has 0 radical (unpaired) electrons. The van der Waals surface area contributed by atoms with E-state index < -0.39 is 0 Å². The molecule has 0 amide bonds. The van der Waals surface area contributed by atoms with Crippen LogP contribution in [0.4, 0.5) is 0 Å². The van der Waals surface area contributed by atoms with E-state index in [-0.39, 0.29) is 6.10 Å². The zero-order chi connectivity index (χ0) is 11.0. The van der Waals surface area contributed by atoms with Gasteiger partial charge in [0.25, 0.3) is 0 Å². The van der Waals surface area contributed by atoms with Gasteiger partial charge in [-0.05, 0) is 38.0 Å². The Balaban J connectivity index is 2.57. The standard InChI is InChI=1S/C12H16N2O/c1-8-4-5-12-11(10(8)3)6-13-14(12)7-9(2)15/h4-6,9,15H,7H2,1-3H3. The van der Waals surface area contributed by atoms with E-state index >= 15 is 0 Å². The van der Waals surface area contributed by atoms with Gasteiger partial charge in [0.2, 0.25) is 0 Å². The van der Waals surface area contributed by atoms with E-state index in [0.29, 0.717) is 6.54 Å². The van der Waals surface area contributed by atoms with Crippen molar-refractivity contribution in [1.82, 2.24) is 9.78 Å². The van der Waals surface area contributed by atoms with Crippen LogP contribution in [-0.2, 0) is 6.54 Å². The Hall–Kier alpha value is -1.35. The van der Waals surface area contributed by atoms with Crippen molar-refractivity contribution in [1.29, 1.82) is 0 Å². The number of benzene rings is 1. The van der Waals surface area contributed by atoms with E-state index in [1.807, 2.05) is 10.9 Å². The first-order valence-electron chi connectivity index (χ1n) is 5.19. The van der Waals surface area contributed by atoms with Crippen LogP contribution in [0.2, 0.25) is 0 Å².